The summed E-state index contributed by atoms with van der Waals surface area (Å²) < 4.78 is 10.9. The van der Waals surface area contributed by atoms with Crippen LogP contribution in [0.3, 0.4) is 0 Å². The fourth-order valence-corrected chi connectivity index (χ4v) is 3.67. The third-order valence-electron chi connectivity index (χ3n) is 5.52. The lowest BCUT2D eigenvalue weighted by atomic mass is 10.1. The van der Waals surface area contributed by atoms with E-state index in [0.29, 0.717) is 34.1 Å². The summed E-state index contributed by atoms with van der Waals surface area (Å²) in [5.41, 5.74) is 4.42. The van der Waals surface area contributed by atoms with E-state index in [9.17, 15) is 9.59 Å². The number of hydrogen-bond donors (Lipinski definition) is 3. The molecule has 3 N–H and O–H groups in total. The van der Waals surface area contributed by atoms with Gasteiger partial charge in [0.05, 0.1) is 32.1 Å². The highest BCUT2D eigenvalue weighted by molar-refractivity contribution is 6.05. The van der Waals surface area contributed by atoms with Gasteiger partial charge in [0.2, 0.25) is 5.91 Å². The van der Waals surface area contributed by atoms with Crippen molar-refractivity contribution in [3.05, 3.63) is 103 Å². The molecule has 0 spiro atoms. The van der Waals surface area contributed by atoms with Gasteiger partial charge in [-0.1, -0.05) is 60.7 Å². The number of carbonyl (C=O) groups is 2. The van der Waals surface area contributed by atoms with Gasteiger partial charge in [0.25, 0.3) is 5.91 Å². The second-order valence-electron chi connectivity index (χ2n) is 7.92. The van der Waals surface area contributed by atoms with Crippen LogP contribution in [0.2, 0.25) is 0 Å². The zero-order valence-electron chi connectivity index (χ0n) is 20.1. The summed E-state index contributed by atoms with van der Waals surface area (Å²) in [6.07, 6.45) is 0. The standard InChI is InChI=1S/C29H27N3O4/c1-35-26-18-25(32-29(34)22-11-7-4-8-12-22)27(36-2)17-24(26)30-19-28(33)31-23-15-13-21(14-16-23)20-9-5-3-6-10-20/h3-18,30H,19H2,1-2H3,(H,31,33)(H,32,34). The Kier molecular flexibility index (Phi) is 7.83. The Morgan fingerprint density at radius 3 is 1.86 bits per heavy atom. The first kappa shape index (κ1) is 24.3. The lowest BCUT2D eigenvalue weighted by Gasteiger charge is -2.17. The Hall–Kier alpha value is -4.78. The summed E-state index contributed by atoms with van der Waals surface area (Å²) in [5.74, 6) is 0.401. The number of anilines is 3. The minimum atomic E-state index is -0.269. The maximum atomic E-state index is 12.6. The van der Waals surface area contributed by atoms with Crippen LogP contribution < -0.4 is 25.4 Å². The highest BCUT2D eigenvalue weighted by Crippen LogP contribution is 2.36. The summed E-state index contributed by atoms with van der Waals surface area (Å²) in [6.45, 7) is 0.00960. The number of methoxy groups -OCH3 is 2. The molecule has 0 fully saturated rings. The zero-order chi connectivity index (χ0) is 25.3. The molecule has 0 saturated carbocycles. The van der Waals surface area contributed by atoms with Crippen LogP contribution in [0, 0.1) is 0 Å². The molecule has 0 saturated heterocycles. The Morgan fingerprint density at radius 1 is 0.667 bits per heavy atom. The van der Waals surface area contributed by atoms with Gasteiger partial charge in [-0.05, 0) is 35.4 Å². The second-order valence-corrected chi connectivity index (χ2v) is 7.92. The third kappa shape index (κ3) is 6.01. The van der Waals surface area contributed by atoms with Crippen molar-refractivity contribution in [3.63, 3.8) is 0 Å². The van der Waals surface area contributed by atoms with Gasteiger partial charge in [0.15, 0.2) is 0 Å². The Labute approximate surface area is 210 Å². The molecule has 0 radical (unpaired) electrons. The molecule has 0 aliphatic rings. The molecule has 7 nitrogen and oxygen atoms in total. The number of ether oxygens (including phenoxy) is 2. The van der Waals surface area contributed by atoms with E-state index in [0.717, 1.165) is 11.1 Å². The molecule has 0 heterocycles. The molecular formula is C29H27N3O4. The summed E-state index contributed by atoms with van der Waals surface area (Å²) in [7, 11) is 3.03. The monoisotopic (exact) mass is 481 g/mol. The minimum Gasteiger partial charge on any atom is -0.495 e. The topological polar surface area (TPSA) is 88.7 Å². The largest absolute Gasteiger partial charge is 0.495 e. The van der Waals surface area contributed by atoms with Gasteiger partial charge in [-0.15, -0.1) is 0 Å². The van der Waals surface area contributed by atoms with Crippen molar-refractivity contribution in [2.24, 2.45) is 0 Å². The van der Waals surface area contributed by atoms with E-state index in [1.807, 2.05) is 60.7 Å². The molecule has 2 amide bonds. The van der Waals surface area contributed by atoms with E-state index < -0.39 is 0 Å². The molecule has 0 atom stereocenters. The maximum Gasteiger partial charge on any atom is 0.255 e. The first-order chi connectivity index (χ1) is 17.6. The number of hydrogen-bond acceptors (Lipinski definition) is 5. The number of nitrogens with one attached hydrogen (secondary N) is 3. The van der Waals surface area contributed by atoms with Crippen molar-refractivity contribution in [1.29, 1.82) is 0 Å². The molecule has 0 aromatic heterocycles. The molecule has 0 bridgehead atoms. The molecule has 4 aromatic carbocycles. The van der Waals surface area contributed by atoms with Crippen LogP contribution in [0.25, 0.3) is 11.1 Å². The normalized spacial score (nSPS) is 10.3. The van der Waals surface area contributed by atoms with Crippen LogP contribution in [-0.4, -0.2) is 32.6 Å². The molecule has 0 aliphatic carbocycles. The highest BCUT2D eigenvalue weighted by atomic mass is 16.5. The van der Waals surface area contributed by atoms with Gasteiger partial charge in [0, 0.05) is 23.4 Å². The molecule has 182 valence electrons. The van der Waals surface area contributed by atoms with Gasteiger partial charge in [0.1, 0.15) is 11.5 Å². The van der Waals surface area contributed by atoms with Crippen molar-refractivity contribution in [2.75, 3.05) is 36.7 Å². The predicted octanol–water partition coefficient (Wildman–Crippen LogP) is 5.67. The summed E-state index contributed by atoms with van der Waals surface area (Å²) in [4.78, 5) is 25.1. The van der Waals surface area contributed by atoms with E-state index >= 15 is 0 Å². The molecule has 0 unspecified atom stereocenters. The van der Waals surface area contributed by atoms with Gasteiger partial charge in [-0.2, -0.15) is 0 Å². The smallest absolute Gasteiger partial charge is 0.255 e. The van der Waals surface area contributed by atoms with Crippen molar-refractivity contribution < 1.29 is 19.1 Å². The first-order valence-electron chi connectivity index (χ1n) is 11.4. The van der Waals surface area contributed by atoms with Gasteiger partial charge in [-0.3, -0.25) is 9.59 Å². The van der Waals surface area contributed by atoms with E-state index in [-0.39, 0.29) is 18.4 Å². The quantitative estimate of drug-likeness (QED) is 0.287. The fraction of sp³-hybridized carbons (Fsp3) is 0.103. The van der Waals surface area contributed by atoms with Crippen LogP contribution in [0.15, 0.2) is 97.1 Å². The van der Waals surface area contributed by atoms with Crippen LogP contribution in [0.1, 0.15) is 10.4 Å². The zero-order valence-corrected chi connectivity index (χ0v) is 20.1. The van der Waals surface area contributed by atoms with E-state index in [2.05, 4.69) is 16.0 Å². The van der Waals surface area contributed by atoms with E-state index in [4.69, 9.17) is 9.47 Å². The number of amides is 2. The highest BCUT2D eigenvalue weighted by Gasteiger charge is 2.15. The van der Waals surface area contributed by atoms with Gasteiger partial charge < -0.3 is 25.4 Å². The molecule has 36 heavy (non-hydrogen) atoms. The van der Waals surface area contributed by atoms with E-state index in [1.165, 1.54) is 14.2 Å². The second kappa shape index (κ2) is 11.6. The number of carbonyl (C=O) groups excluding carboxylic acids is 2. The predicted molar refractivity (Wildman–Crippen MR) is 143 cm³/mol. The van der Waals surface area contributed by atoms with Crippen LogP contribution in [-0.2, 0) is 4.79 Å². The van der Waals surface area contributed by atoms with Gasteiger partial charge in [-0.25, -0.2) is 0 Å². The Balaban J connectivity index is 1.40. The third-order valence-corrected chi connectivity index (χ3v) is 5.52. The number of rotatable bonds is 9. The molecule has 4 aromatic rings. The summed E-state index contributed by atoms with van der Waals surface area (Å²) in [6, 6.07) is 29.9. The average molecular weight is 482 g/mol. The van der Waals surface area contributed by atoms with Crippen LogP contribution >= 0.6 is 0 Å². The molecular weight excluding hydrogens is 454 g/mol. The SMILES string of the molecule is COc1cc(NC(=O)c2ccccc2)c(OC)cc1NCC(=O)Nc1ccc(-c2ccccc2)cc1. The minimum absolute atomic E-state index is 0.00960. The summed E-state index contributed by atoms with van der Waals surface area (Å²) >= 11 is 0. The van der Waals surface area contributed by atoms with E-state index in [1.54, 1.807) is 36.4 Å². The van der Waals surface area contributed by atoms with Crippen molar-refractivity contribution >= 4 is 28.9 Å². The van der Waals surface area contributed by atoms with Gasteiger partial charge >= 0.3 is 0 Å². The number of benzene rings is 4. The molecule has 0 aliphatic heterocycles. The van der Waals surface area contributed by atoms with Crippen LogP contribution in [0.5, 0.6) is 11.5 Å². The maximum absolute atomic E-state index is 12.6. The fourth-order valence-electron chi connectivity index (χ4n) is 3.67. The summed E-state index contributed by atoms with van der Waals surface area (Å²) in [5, 5.41) is 8.80. The van der Waals surface area contributed by atoms with Crippen molar-refractivity contribution in [3.8, 4) is 22.6 Å². The van der Waals surface area contributed by atoms with Crippen molar-refractivity contribution in [1.82, 2.24) is 0 Å². The van der Waals surface area contributed by atoms with Crippen LogP contribution in [0.4, 0.5) is 17.1 Å². The lowest BCUT2D eigenvalue weighted by Crippen LogP contribution is -2.22. The van der Waals surface area contributed by atoms with Crippen molar-refractivity contribution in [2.45, 2.75) is 0 Å². The average Bonchev–Trinajstić information content (AvgIpc) is 2.93. The first-order valence-corrected chi connectivity index (χ1v) is 11.4. The Bertz CT molecular complexity index is 1320. The molecule has 7 heteroatoms. The lowest BCUT2D eigenvalue weighted by molar-refractivity contribution is -0.114. The molecule has 4 rings (SSSR count). The Morgan fingerprint density at radius 2 is 1.22 bits per heavy atom.